The van der Waals surface area contributed by atoms with Crippen molar-refractivity contribution in [1.29, 1.82) is 0 Å². The summed E-state index contributed by atoms with van der Waals surface area (Å²) < 4.78 is 15.3. The summed E-state index contributed by atoms with van der Waals surface area (Å²) in [6, 6.07) is 14.1. The number of aryl methyl sites for hydroxylation is 1. The summed E-state index contributed by atoms with van der Waals surface area (Å²) in [6.45, 7) is 4.05. The molecule has 0 fully saturated rings. The van der Waals surface area contributed by atoms with Gasteiger partial charge in [0.05, 0.1) is 10.7 Å². The van der Waals surface area contributed by atoms with Crippen LogP contribution >= 0.6 is 23.2 Å². The van der Waals surface area contributed by atoms with E-state index in [0.29, 0.717) is 10.7 Å². The minimum atomic E-state index is -0.449. The Morgan fingerprint density at radius 3 is 2.54 bits per heavy atom. The lowest BCUT2D eigenvalue weighted by Gasteiger charge is -2.09. The molecule has 2 aromatic carbocycles. The summed E-state index contributed by atoms with van der Waals surface area (Å²) >= 11 is 11.9. The van der Waals surface area contributed by atoms with Gasteiger partial charge in [0.2, 0.25) is 0 Å². The molecule has 1 aromatic heterocycles. The molecule has 24 heavy (non-hydrogen) atoms. The monoisotopic (exact) mass is 360 g/mol. The molecule has 0 saturated heterocycles. The van der Waals surface area contributed by atoms with Gasteiger partial charge in [0.1, 0.15) is 5.82 Å². The van der Waals surface area contributed by atoms with Crippen LogP contribution in [0.1, 0.15) is 17.0 Å². The normalized spacial score (nSPS) is 11.4. The van der Waals surface area contributed by atoms with Crippen LogP contribution in [-0.4, -0.2) is 10.8 Å². The smallest absolute Gasteiger partial charge is 0.141 e. The molecule has 0 N–H and O–H groups in total. The van der Waals surface area contributed by atoms with Crippen LogP contribution in [0.15, 0.2) is 53.5 Å². The molecule has 3 rings (SSSR count). The largest absolute Gasteiger partial charge is 0.318 e. The summed E-state index contributed by atoms with van der Waals surface area (Å²) in [4.78, 5) is 4.39. The quantitative estimate of drug-likeness (QED) is 0.488. The number of rotatable bonds is 3. The van der Waals surface area contributed by atoms with Gasteiger partial charge < -0.3 is 4.57 Å². The molecule has 3 aromatic rings. The molecule has 0 atom stereocenters. The molecule has 2 nitrogen and oxygen atoms in total. The summed E-state index contributed by atoms with van der Waals surface area (Å²) in [5.74, 6) is -0.449. The second-order valence-electron chi connectivity index (χ2n) is 5.50. The number of nitrogens with zero attached hydrogens (tertiary/aromatic N) is 2. The van der Waals surface area contributed by atoms with E-state index in [1.165, 1.54) is 12.1 Å². The molecule has 0 aliphatic carbocycles. The van der Waals surface area contributed by atoms with Crippen molar-refractivity contribution >= 4 is 35.1 Å². The van der Waals surface area contributed by atoms with E-state index in [0.717, 1.165) is 22.6 Å². The maximum absolute atomic E-state index is 13.2. The van der Waals surface area contributed by atoms with Gasteiger partial charge >= 0.3 is 0 Å². The predicted molar refractivity (Wildman–Crippen MR) is 98.9 cm³/mol. The Bertz CT molecular complexity index is 929. The average molecular weight is 361 g/mol. The van der Waals surface area contributed by atoms with Crippen LogP contribution in [0.3, 0.4) is 0 Å². The van der Waals surface area contributed by atoms with E-state index in [1.807, 2.05) is 44.2 Å². The van der Waals surface area contributed by atoms with Gasteiger partial charge in [0.15, 0.2) is 0 Å². The minimum absolute atomic E-state index is 0.0639. The summed E-state index contributed by atoms with van der Waals surface area (Å²) in [5.41, 5.74) is 4.71. The zero-order valence-corrected chi connectivity index (χ0v) is 14.7. The van der Waals surface area contributed by atoms with Crippen LogP contribution in [0.25, 0.3) is 5.69 Å². The Morgan fingerprint density at radius 2 is 1.83 bits per heavy atom. The number of hydrogen-bond donors (Lipinski definition) is 0. The van der Waals surface area contributed by atoms with Crippen LogP contribution in [-0.2, 0) is 0 Å². The van der Waals surface area contributed by atoms with E-state index >= 15 is 0 Å². The van der Waals surface area contributed by atoms with Gasteiger partial charge in [-0.3, -0.25) is 4.99 Å². The van der Waals surface area contributed by atoms with Crippen molar-refractivity contribution < 1.29 is 4.39 Å². The van der Waals surface area contributed by atoms with Crippen molar-refractivity contribution in [1.82, 2.24) is 4.57 Å². The third kappa shape index (κ3) is 3.37. The highest BCUT2D eigenvalue weighted by atomic mass is 35.5. The van der Waals surface area contributed by atoms with E-state index < -0.39 is 5.82 Å². The number of halogens is 3. The highest BCUT2D eigenvalue weighted by Crippen LogP contribution is 2.24. The highest BCUT2D eigenvalue weighted by Gasteiger charge is 2.09. The fourth-order valence-corrected chi connectivity index (χ4v) is 3.00. The van der Waals surface area contributed by atoms with E-state index in [1.54, 1.807) is 12.3 Å². The molecule has 0 bridgehead atoms. The van der Waals surface area contributed by atoms with Crippen LogP contribution in [0.5, 0.6) is 0 Å². The standard InChI is InChI=1S/C19H15Cl2FN2/c1-12-8-14(11-23-16-6-7-19(22)18(21)10-16)13(2)24(12)17-5-3-4-15(20)9-17/h3-11H,1-2H3. The topological polar surface area (TPSA) is 17.3 Å². The van der Waals surface area contributed by atoms with Crippen molar-refractivity contribution in [2.75, 3.05) is 0 Å². The van der Waals surface area contributed by atoms with E-state index in [2.05, 4.69) is 9.56 Å². The first-order valence-corrected chi connectivity index (χ1v) is 8.15. The van der Waals surface area contributed by atoms with Gasteiger partial charge in [0.25, 0.3) is 0 Å². The maximum atomic E-state index is 13.2. The molecule has 0 aliphatic heterocycles. The first-order valence-electron chi connectivity index (χ1n) is 7.39. The summed E-state index contributed by atoms with van der Waals surface area (Å²) in [6.07, 6.45) is 1.76. The van der Waals surface area contributed by atoms with Crippen molar-refractivity contribution in [3.63, 3.8) is 0 Å². The number of benzene rings is 2. The van der Waals surface area contributed by atoms with Crippen LogP contribution in [0.4, 0.5) is 10.1 Å². The van der Waals surface area contributed by atoms with Gasteiger partial charge in [-0.25, -0.2) is 4.39 Å². The van der Waals surface area contributed by atoms with Gasteiger partial charge in [-0.2, -0.15) is 0 Å². The van der Waals surface area contributed by atoms with E-state index in [9.17, 15) is 4.39 Å². The molecule has 0 amide bonds. The third-order valence-corrected chi connectivity index (χ3v) is 4.32. The molecule has 5 heteroatoms. The molecule has 0 aliphatic rings. The number of aromatic nitrogens is 1. The van der Waals surface area contributed by atoms with Crippen LogP contribution in [0, 0.1) is 19.7 Å². The fraction of sp³-hybridized carbons (Fsp3) is 0.105. The molecule has 0 saturated carbocycles. The maximum Gasteiger partial charge on any atom is 0.141 e. The summed E-state index contributed by atoms with van der Waals surface area (Å²) in [7, 11) is 0. The van der Waals surface area contributed by atoms with E-state index in [-0.39, 0.29) is 5.02 Å². The number of hydrogen-bond acceptors (Lipinski definition) is 1. The molecule has 0 radical (unpaired) electrons. The zero-order chi connectivity index (χ0) is 17.3. The lowest BCUT2D eigenvalue weighted by Crippen LogP contribution is -1.99. The van der Waals surface area contributed by atoms with Crippen LogP contribution < -0.4 is 0 Å². The molecule has 122 valence electrons. The fourth-order valence-electron chi connectivity index (χ4n) is 2.64. The Hall–Kier alpha value is -2.10. The highest BCUT2D eigenvalue weighted by molar-refractivity contribution is 6.31. The van der Waals surface area contributed by atoms with Crippen molar-refractivity contribution in [3.8, 4) is 5.69 Å². The van der Waals surface area contributed by atoms with Gasteiger partial charge in [-0.05, 0) is 56.3 Å². The Balaban J connectivity index is 1.97. The first kappa shape index (κ1) is 16.7. The second-order valence-corrected chi connectivity index (χ2v) is 6.34. The predicted octanol–water partition coefficient (Wildman–Crippen LogP) is 6.29. The molecular formula is C19H15Cl2FN2. The van der Waals surface area contributed by atoms with E-state index in [4.69, 9.17) is 23.2 Å². The second kappa shape index (κ2) is 6.80. The molecule has 0 unspecified atom stereocenters. The SMILES string of the molecule is Cc1cc(C=Nc2ccc(F)c(Cl)c2)c(C)n1-c1cccc(Cl)c1. The Kier molecular flexibility index (Phi) is 4.74. The first-order chi connectivity index (χ1) is 11.5. The number of aliphatic imine (C=N–C) groups is 1. The van der Waals surface area contributed by atoms with Crippen molar-refractivity contribution in [3.05, 3.63) is 81.3 Å². The third-order valence-electron chi connectivity index (χ3n) is 3.79. The van der Waals surface area contributed by atoms with Gasteiger partial charge in [-0.15, -0.1) is 0 Å². The van der Waals surface area contributed by atoms with Gasteiger partial charge in [-0.1, -0.05) is 29.3 Å². The molecule has 1 heterocycles. The van der Waals surface area contributed by atoms with Gasteiger partial charge in [0, 0.05) is 33.9 Å². The average Bonchev–Trinajstić information content (AvgIpc) is 2.82. The molecular weight excluding hydrogens is 346 g/mol. The zero-order valence-electron chi connectivity index (χ0n) is 13.2. The Morgan fingerprint density at radius 1 is 1.04 bits per heavy atom. The summed E-state index contributed by atoms with van der Waals surface area (Å²) in [5, 5.41) is 0.755. The minimum Gasteiger partial charge on any atom is -0.318 e. The van der Waals surface area contributed by atoms with Crippen molar-refractivity contribution in [2.24, 2.45) is 4.99 Å². The lowest BCUT2D eigenvalue weighted by molar-refractivity contribution is 0.628. The lowest BCUT2D eigenvalue weighted by atomic mass is 10.2. The van der Waals surface area contributed by atoms with Crippen molar-refractivity contribution in [2.45, 2.75) is 13.8 Å². The van der Waals surface area contributed by atoms with Crippen LogP contribution in [0.2, 0.25) is 10.0 Å². The molecule has 0 spiro atoms. The Labute approximate surface area is 150 Å².